The summed E-state index contributed by atoms with van der Waals surface area (Å²) in [5.74, 6) is -1.19. The number of halogens is 1. The molecule has 0 bridgehead atoms. The molecule has 4 heteroatoms. The van der Waals surface area contributed by atoms with E-state index in [4.69, 9.17) is 13.0 Å². The molecule has 1 aromatic rings. The van der Waals surface area contributed by atoms with Crippen LogP contribution in [0.15, 0.2) is 18.2 Å². The highest BCUT2D eigenvalue weighted by molar-refractivity contribution is 9.09. The number of amides is 1. The number of fused-ring (bicyclic) bond motifs is 1. The van der Waals surface area contributed by atoms with Crippen molar-refractivity contribution in [3.63, 3.8) is 0 Å². The molecule has 0 saturated carbocycles. The molecule has 1 amide bonds. The van der Waals surface area contributed by atoms with Crippen LogP contribution in [0.25, 0.3) is 0 Å². The van der Waals surface area contributed by atoms with Gasteiger partial charge in [0.1, 0.15) is 5.75 Å². The number of nitrogens with one attached hydrogen (secondary N) is 1. The smallest absolute Gasteiger partial charge is 0.224 e. The van der Waals surface area contributed by atoms with Crippen LogP contribution in [0.5, 0.6) is 5.75 Å². The zero-order chi connectivity index (χ0) is 17.4. The Morgan fingerprint density at radius 3 is 3.24 bits per heavy atom. The second kappa shape index (κ2) is 6.05. The van der Waals surface area contributed by atoms with Crippen LogP contribution in [0, 0.1) is 0 Å². The zero-order valence-electron chi connectivity index (χ0n) is 15.1. The summed E-state index contributed by atoms with van der Waals surface area (Å²) in [7, 11) is 0. The zero-order valence-corrected chi connectivity index (χ0v) is 10.7. The van der Waals surface area contributed by atoms with Crippen molar-refractivity contribution in [1.82, 2.24) is 0 Å². The maximum atomic E-state index is 11.8. The minimum absolute atomic E-state index is 0.0446. The van der Waals surface area contributed by atoms with Gasteiger partial charge in [-0.2, -0.15) is 0 Å². The summed E-state index contributed by atoms with van der Waals surface area (Å²) in [5.41, 5.74) is -0.355. The van der Waals surface area contributed by atoms with Crippen molar-refractivity contribution in [2.75, 3.05) is 17.3 Å². The fraction of sp³-hybridized carbons (Fsp3) is 0.462. The minimum atomic E-state index is -2.78. The molecule has 1 heterocycles. The van der Waals surface area contributed by atoms with Gasteiger partial charge >= 0.3 is 0 Å². The Morgan fingerprint density at radius 1 is 1.53 bits per heavy atom. The van der Waals surface area contributed by atoms with Crippen LogP contribution >= 0.6 is 15.9 Å². The van der Waals surface area contributed by atoms with Gasteiger partial charge < -0.3 is 10.1 Å². The lowest BCUT2D eigenvalue weighted by molar-refractivity contribution is -0.116. The highest BCUT2D eigenvalue weighted by Gasteiger charge is 2.14. The number of anilines is 1. The molecule has 0 spiro atoms. The van der Waals surface area contributed by atoms with Gasteiger partial charge in [0.15, 0.2) is 0 Å². The Kier molecular flexibility index (Phi) is 2.42. The van der Waals surface area contributed by atoms with E-state index < -0.39 is 18.7 Å². The number of unbranched alkanes of at least 4 members (excludes halogenated alkanes) is 1. The van der Waals surface area contributed by atoms with Crippen LogP contribution in [0.4, 0.5) is 5.69 Å². The van der Waals surface area contributed by atoms with Gasteiger partial charge in [-0.3, -0.25) is 4.79 Å². The van der Waals surface area contributed by atoms with Gasteiger partial charge in [-0.05, 0) is 30.8 Å². The summed E-state index contributed by atoms with van der Waals surface area (Å²) in [6.45, 7) is 0.295. The van der Waals surface area contributed by atoms with Crippen molar-refractivity contribution < 1.29 is 17.8 Å². The monoisotopic (exact) mass is 303 g/mol. The largest absolute Gasteiger partial charge is 0.494 e. The van der Waals surface area contributed by atoms with E-state index in [1.807, 2.05) is 0 Å². The standard InChI is InChI=1S/C13H16BrNO2/c14-7-1-2-8-17-11-5-3-10-4-6-13(16)15-12(10)9-11/h3,5,9H,1-2,4,6-8H2,(H,15,16)/i4D2,5D,6D2,9D. The summed E-state index contributed by atoms with van der Waals surface area (Å²) in [5, 5.41) is 3.04. The van der Waals surface area contributed by atoms with Crippen LogP contribution in [-0.4, -0.2) is 17.8 Å². The first kappa shape index (κ1) is 6.78. The molecule has 0 saturated heterocycles. The Balaban J connectivity index is 2.44. The summed E-state index contributed by atoms with van der Waals surface area (Å²) < 4.78 is 52.6. The van der Waals surface area contributed by atoms with E-state index in [1.54, 1.807) is 0 Å². The number of hydrogen-bond donors (Lipinski definition) is 1. The van der Waals surface area contributed by atoms with Gasteiger partial charge in [0, 0.05) is 28.9 Å². The van der Waals surface area contributed by atoms with E-state index >= 15 is 0 Å². The number of aryl methyl sites for hydroxylation is 1. The predicted molar refractivity (Wildman–Crippen MR) is 71.9 cm³/mol. The van der Waals surface area contributed by atoms with Gasteiger partial charge in [-0.25, -0.2) is 0 Å². The van der Waals surface area contributed by atoms with Gasteiger partial charge in [0.25, 0.3) is 0 Å². The maximum absolute atomic E-state index is 11.8. The molecular weight excluding hydrogens is 282 g/mol. The Morgan fingerprint density at radius 2 is 2.41 bits per heavy atom. The maximum Gasteiger partial charge on any atom is 0.224 e. The fourth-order valence-corrected chi connectivity index (χ4v) is 1.74. The third-order valence-corrected chi connectivity index (χ3v) is 2.74. The van der Waals surface area contributed by atoms with Crippen molar-refractivity contribution in [3.8, 4) is 5.75 Å². The third-order valence-electron chi connectivity index (χ3n) is 2.18. The normalized spacial score (nSPS) is 25.1. The van der Waals surface area contributed by atoms with Crippen LogP contribution in [0.3, 0.4) is 0 Å². The van der Waals surface area contributed by atoms with E-state index in [0.717, 1.165) is 24.2 Å². The van der Waals surface area contributed by atoms with Crippen molar-refractivity contribution in [2.24, 2.45) is 0 Å². The second-order valence-electron chi connectivity index (χ2n) is 3.48. The molecule has 0 aliphatic carbocycles. The quantitative estimate of drug-likeness (QED) is 0.670. The van der Waals surface area contributed by atoms with Crippen LogP contribution < -0.4 is 10.1 Å². The minimum Gasteiger partial charge on any atom is -0.494 e. The molecule has 1 N–H and O–H groups in total. The van der Waals surface area contributed by atoms with Gasteiger partial charge in [0.2, 0.25) is 5.91 Å². The average molecular weight is 304 g/mol. The van der Waals surface area contributed by atoms with E-state index in [9.17, 15) is 4.79 Å². The highest BCUT2D eigenvalue weighted by atomic mass is 79.9. The predicted octanol–water partition coefficient (Wildman–Crippen LogP) is 3.13. The fourth-order valence-electron chi connectivity index (χ4n) is 1.34. The molecule has 1 aromatic carbocycles. The number of alkyl halides is 1. The number of hydrogen-bond acceptors (Lipinski definition) is 2. The first-order valence-electron chi connectivity index (χ1n) is 8.29. The number of rotatable bonds is 5. The molecule has 1 aliphatic heterocycles. The highest BCUT2D eigenvalue weighted by Crippen LogP contribution is 2.27. The molecule has 2 rings (SSSR count). The van der Waals surface area contributed by atoms with Crippen LogP contribution in [0.1, 0.15) is 33.0 Å². The Bertz CT molecular complexity index is 637. The van der Waals surface area contributed by atoms with E-state index in [0.29, 0.717) is 6.61 Å². The van der Waals surface area contributed by atoms with Crippen molar-refractivity contribution in [2.45, 2.75) is 25.6 Å². The lowest BCUT2D eigenvalue weighted by Crippen LogP contribution is -2.18. The number of carbonyl (C=O) groups is 1. The molecule has 0 unspecified atom stereocenters. The van der Waals surface area contributed by atoms with E-state index in [1.165, 1.54) is 0 Å². The second-order valence-corrected chi connectivity index (χ2v) is 4.27. The number of carbonyl (C=O) groups excluding carboxylic acids is 1. The molecule has 0 fully saturated rings. The molecule has 3 nitrogen and oxygen atoms in total. The van der Waals surface area contributed by atoms with Crippen molar-refractivity contribution in [1.29, 1.82) is 0 Å². The lowest BCUT2D eigenvalue weighted by Gasteiger charge is -2.17. The topological polar surface area (TPSA) is 38.3 Å². The Hall–Kier alpha value is -1.03. The third kappa shape index (κ3) is 3.46. The van der Waals surface area contributed by atoms with E-state index in [2.05, 4.69) is 21.2 Å². The van der Waals surface area contributed by atoms with Crippen LogP contribution in [-0.2, 0) is 11.2 Å². The number of ether oxygens (including phenoxy) is 1. The summed E-state index contributed by atoms with van der Waals surface area (Å²) in [6, 6.07) is 0.604. The molecule has 0 aromatic heterocycles. The summed E-state index contributed by atoms with van der Waals surface area (Å²) >= 11 is 3.29. The molecule has 1 aliphatic rings. The lowest BCUT2D eigenvalue weighted by atomic mass is 10.0. The molecular formula is C13H16BrNO2. The van der Waals surface area contributed by atoms with E-state index in [-0.39, 0.29) is 29.1 Å². The van der Waals surface area contributed by atoms with Gasteiger partial charge in [-0.1, -0.05) is 22.0 Å². The first-order chi connectivity index (χ1) is 10.6. The van der Waals surface area contributed by atoms with Crippen molar-refractivity contribution in [3.05, 3.63) is 23.7 Å². The SMILES string of the molecule is [2H]c1cc2c(c([2H])c1OCCCCBr)NC(=O)C([2H])([2H])C2([2H])[2H]. The Labute approximate surface area is 118 Å². The first-order valence-corrected chi connectivity index (χ1v) is 6.41. The molecule has 17 heavy (non-hydrogen) atoms. The molecule has 92 valence electrons. The van der Waals surface area contributed by atoms with Gasteiger partial charge in [-0.15, -0.1) is 0 Å². The molecule has 0 atom stereocenters. The summed E-state index contributed by atoms with van der Waals surface area (Å²) in [4.78, 5) is 11.8. The summed E-state index contributed by atoms with van der Waals surface area (Å²) in [6.07, 6.45) is -3.83. The average Bonchev–Trinajstić information content (AvgIpc) is 2.47. The van der Waals surface area contributed by atoms with Crippen LogP contribution in [0.2, 0.25) is 0 Å². The van der Waals surface area contributed by atoms with Gasteiger partial charge in [0.05, 0.1) is 9.35 Å². The molecule has 0 radical (unpaired) electrons. The van der Waals surface area contributed by atoms with Crippen molar-refractivity contribution >= 4 is 27.5 Å². The number of benzene rings is 1.